The molecule has 2 rings (SSSR count). The molecule has 1 aromatic rings. The number of carbonyl (C=O) groups is 1. The smallest absolute Gasteiger partial charge is 0.197 e. The molecule has 1 aromatic carbocycles. The monoisotopic (exact) mass is 271 g/mol. The summed E-state index contributed by atoms with van der Waals surface area (Å²) in [6.45, 7) is 1.24. The minimum atomic E-state index is -1.46. The van der Waals surface area contributed by atoms with E-state index in [4.69, 9.17) is 11.6 Å². The molecule has 18 heavy (non-hydrogen) atoms. The molecule has 0 amide bonds. The predicted octanol–water partition coefficient (Wildman–Crippen LogP) is 2.12. The normalized spacial score (nSPS) is 19.8. The molecule has 0 saturated carbocycles. The second-order valence-electron chi connectivity index (χ2n) is 4.79. The molecule has 0 atom stereocenters. The number of Topliss-reactive ketones (excluding diaryl/α,β-unsaturated/α-hetero) is 1. The molecule has 0 bridgehead atoms. The van der Waals surface area contributed by atoms with Crippen molar-refractivity contribution >= 4 is 17.4 Å². The van der Waals surface area contributed by atoms with Gasteiger partial charge in [-0.1, -0.05) is 11.6 Å². The van der Waals surface area contributed by atoms with E-state index in [1.807, 2.05) is 11.9 Å². The average Bonchev–Trinajstić information content (AvgIpc) is 2.32. The summed E-state index contributed by atoms with van der Waals surface area (Å²) >= 11 is 5.64. The maximum Gasteiger partial charge on any atom is 0.197 e. The summed E-state index contributed by atoms with van der Waals surface area (Å²) in [5.41, 5.74) is -1.55. The zero-order valence-electron chi connectivity index (χ0n) is 10.1. The molecule has 0 aromatic heterocycles. The van der Waals surface area contributed by atoms with Gasteiger partial charge >= 0.3 is 0 Å². The van der Waals surface area contributed by atoms with Gasteiger partial charge in [-0.15, -0.1) is 0 Å². The number of piperidine rings is 1. The van der Waals surface area contributed by atoms with Crippen LogP contribution in [-0.2, 0) is 0 Å². The number of hydrogen-bond donors (Lipinski definition) is 1. The van der Waals surface area contributed by atoms with E-state index in [1.54, 1.807) is 0 Å². The summed E-state index contributed by atoms with van der Waals surface area (Å²) in [5, 5.41) is 10.6. The zero-order chi connectivity index (χ0) is 13.3. The van der Waals surface area contributed by atoms with Crippen LogP contribution >= 0.6 is 11.6 Å². The van der Waals surface area contributed by atoms with Crippen molar-refractivity contribution in [1.29, 1.82) is 0 Å². The first-order chi connectivity index (χ1) is 8.42. The number of carbonyl (C=O) groups excluding carboxylic acids is 1. The van der Waals surface area contributed by atoms with Gasteiger partial charge in [0.15, 0.2) is 5.78 Å². The molecule has 0 spiro atoms. The second kappa shape index (κ2) is 4.96. The van der Waals surface area contributed by atoms with Crippen LogP contribution in [0.4, 0.5) is 4.39 Å². The molecule has 1 N–H and O–H groups in total. The van der Waals surface area contributed by atoms with Gasteiger partial charge in [0.05, 0.1) is 5.56 Å². The van der Waals surface area contributed by atoms with Crippen molar-refractivity contribution in [2.45, 2.75) is 18.4 Å². The summed E-state index contributed by atoms with van der Waals surface area (Å²) in [6, 6.07) is 3.87. The highest BCUT2D eigenvalue weighted by Crippen LogP contribution is 2.27. The average molecular weight is 272 g/mol. The first kappa shape index (κ1) is 13.5. The van der Waals surface area contributed by atoms with Crippen LogP contribution in [0.1, 0.15) is 23.2 Å². The fourth-order valence-electron chi connectivity index (χ4n) is 2.14. The molecular formula is C13H15ClFNO2. The van der Waals surface area contributed by atoms with Gasteiger partial charge in [0, 0.05) is 18.1 Å². The first-order valence-electron chi connectivity index (χ1n) is 5.83. The summed E-state index contributed by atoms with van der Waals surface area (Å²) in [4.78, 5) is 14.2. The Kier molecular flexibility index (Phi) is 3.71. The maximum absolute atomic E-state index is 13.7. The number of halogens is 2. The van der Waals surface area contributed by atoms with Crippen LogP contribution in [-0.4, -0.2) is 41.5 Å². The topological polar surface area (TPSA) is 40.5 Å². The minimum absolute atomic E-state index is 0.0912. The number of rotatable bonds is 2. The molecular weight excluding hydrogens is 257 g/mol. The Balaban J connectivity index is 2.25. The van der Waals surface area contributed by atoms with Crippen LogP contribution < -0.4 is 0 Å². The lowest BCUT2D eigenvalue weighted by atomic mass is 9.84. The number of ketones is 1. The fraction of sp³-hybridized carbons (Fsp3) is 0.462. The lowest BCUT2D eigenvalue weighted by molar-refractivity contribution is -0.00228. The second-order valence-corrected chi connectivity index (χ2v) is 5.22. The van der Waals surface area contributed by atoms with Gasteiger partial charge in [0.2, 0.25) is 0 Å². The van der Waals surface area contributed by atoms with Gasteiger partial charge in [-0.2, -0.15) is 0 Å². The van der Waals surface area contributed by atoms with Gasteiger partial charge in [-0.05, 0) is 38.1 Å². The van der Waals surface area contributed by atoms with Gasteiger partial charge in [-0.25, -0.2) is 4.39 Å². The number of hydrogen-bond acceptors (Lipinski definition) is 3. The van der Waals surface area contributed by atoms with E-state index in [1.165, 1.54) is 12.1 Å². The highest BCUT2D eigenvalue weighted by Gasteiger charge is 2.39. The van der Waals surface area contributed by atoms with Crippen molar-refractivity contribution in [3.8, 4) is 0 Å². The summed E-state index contributed by atoms with van der Waals surface area (Å²) in [6.07, 6.45) is 0.648. The number of aliphatic hydroxyl groups is 1. The van der Waals surface area contributed by atoms with E-state index in [9.17, 15) is 14.3 Å². The van der Waals surface area contributed by atoms with E-state index in [0.29, 0.717) is 25.9 Å². The van der Waals surface area contributed by atoms with Crippen LogP contribution in [0.25, 0.3) is 0 Å². The fourth-order valence-corrected chi connectivity index (χ4v) is 2.30. The van der Waals surface area contributed by atoms with Crippen molar-refractivity contribution < 1.29 is 14.3 Å². The highest BCUT2D eigenvalue weighted by molar-refractivity contribution is 6.30. The molecule has 1 fully saturated rings. The van der Waals surface area contributed by atoms with Gasteiger partial charge < -0.3 is 10.0 Å². The number of benzene rings is 1. The lowest BCUT2D eigenvalue weighted by Crippen LogP contribution is -2.48. The highest BCUT2D eigenvalue weighted by atomic mass is 35.5. The van der Waals surface area contributed by atoms with E-state index in [2.05, 4.69) is 0 Å². The van der Waals surface area contributed by atoms with Gasteiger partial charge in [0.25, 0.3) is 0 Å². The Bertz CT molecular complexity index is 470. The lowest BCUT2D eigenvalue weighted by Gasteiger charge is -2.35. The Hall–Kier alpha value is -0.970. The van der Waals surface area contributed by atoms with Gasteiger partial charge in [-0.3, -0.25) is 4.79 Å². The van der Waals surface area contributed by atoms with Crippen molar-refractivity contribution in [2.24, 2.45) is 0 Å². The molecule has 1 heterocycles. The SMILES string of the molecule is CN1CCC(O)(C(=O)c2ccc(Cl)cc2F)CC1. The third-order valence-electron chi connectivity index (χ3n) is 3.41. The van der Waals surface area contributed by atoms with E-state index in [0.717, 1.165) is 6.07 Å². The van der Waals surface area contributed by atoms with Gasteiger partial charge in [0.1, 0.15) is 11.4 Å². The Morgan fingerprint density at radius 1 is 1.44 bits per heavy atom. The molecule has 3 nitrogen and oxygen atoms in total. The number of nitrogens with zero attached hydrogens (tertiary/aromatic N) is 1. The largest absolute Gasteiger partial charge is 0.382 e. The van der Waals surface area contributed by atoms with Crippen LogP contribution in [0, 0.1) is 5.82 Å². The van der Waals surface area contributed by atoms with Crippen LogP contribution in [0.5, 0.6) is 0 Å². The van der Waals surface area contributed by atoms with Crippen LogP contribution in [0.15, 0.2) is 18.2 Å². The van der Waals surface area contributed by atoms with Crippen LogP contribution in [0.3, 0.4) is 0 Å². The van der Waals surface area contributed by atoms with Crippen molar-refractivity contribution in [2.75, 3.05) is 20.1 Å². The molecule has 5 heteroatoms. The molecule has 1 aliphatic heterocycles. The molecule has 0 unspecified atom stereocenters. The van der Waals surface area contributed by atoms with Crippen molar-refractivity contribution in [1.82, 2.24) is 4.90 Å². The molecule has 0 radical (unpaired) electrons. The quantitative estimate of drug-likeness (QED) is 0.838. The Morgan fingerprint density at radius 2 is 2.06 bits per heavy atom. The zero-order valence-corrected chi connectivity index (χ0v) is 10.9. The summed E-state index contributed by atoms with van der Waals surface area (Å²) in [5.74, 6) is -1.23. The maximum atomic E-state index is 13.7. The predicted molar refractivity (Wildman–Crippen MR) is 67.4 cm³/mol. The Morgan fingerprint density at radius 3 is 2.61 bits per heavy atom. The molecule has 1 aliphatic rings. The van der Waals surface area contributed by atoms with E-state index in [-0.39, 0.29) is 10.6 Å². The van der Waals surface area contributed by atoms with Crippen molar-refractivity contribution in [3.63, 3.8) is 0 Å². The third-order valence-corrected chi connectivity index (χ3v) is 3.65. The summed E-state index contributed by atoms with van der Waals surface area (Å²) < 4.78 is 13.7. The standard InChI is InChI=1S/C13H15ClFNO2/c1-16-6-4-13(18,5-7-16)12(17)10-3-2-9(14)8-11(10)15/h2-3,8,18H,4-7H2,1H3. The third kappa shape index (κ3) is 2.55. The minimum Gasteiger partial charge on any atom is -0.382 e. The summed E-state index contributed by atoms with van der Waals surface area (Å²) in [7, 11) is 1.92. The van der Waals surface area contributed by atoms with Crippen molar-refractivity contribution in [3.05, 3.63) is 34.6 Å². The van der Waals surface area contributed by atoms with Crippen LogP contribution in [0.2, 0.25) is 5.02 Å². The number of likely N-dealkylation sites (tertiary alicyclic amines) is 1. The van der Waals surface area contributed by atoms with E-state index >= 15 is 0 Å². The molecule has 0 aliphatic carbocycles. The first-order valence-corrected chi connectivity index (χ1v) is 6.21. The Labute approximate surface area is 110 Å². The molecule has 98 valence electrons. The van der Waals surface area contributed by atoms with E-state index < -0.39 is 17.2 Å². The molecule has 1 saturated heterocycles.